The fourth-order valence-electron chi connectivity index (χ4n) is 0.841. The number of amides is 1. The van der Waals surface area contributed by atoms with Crippen LogP contribution in [0.2, 0.25) is 5.15 Å². The van der Waals surface area contributed by atoms with E-state index in [9.17, 15) is 4.79 Å². The van der Waals surface area contributed by atoms with Crippen molar-refractivity contribution in [2.45, 2.75) is 6.92 Å². The summed E-state index contributed by atoms with van der Waals surface area (Å²) in [6.45, 7) is 1.40. The molecule has 1 rings (SSSR count). The highest BCUT2D eigenvalue weighted by molar-refractivity contribution is 6.32. The van der Waals surface area contributed by atoms with Crippen molar-refractivity contribution < 1.29 is 4.79 Å². The smallest absolute Gasteiger partial charge is 0.226 e. The van der Waals surface area contributed by atoms with E-state index in [0.29, 0.717) is 11.6 Å². The van der Waals surface area contributed by atoms with Crippen molar-refractivity contribution in [3.8, 4) is 0 Å². The van der Waals surface area contributed by atoms with Crippen molar-refractivity contribution >= 4 is 29.1 Å². The van der Waals surface area contributed by atoms with Gasteiger partial charge in [0.05, 0.1) is 11.9 Å². The Morgan fingerprint density at radius 1 is 1.57 bits per heavy atom. The minimum Gasteiger partial charge on any atom is -0.347 e. The summed E-state index contributed by atoms with van der Waals surface area (Å²) in [6, 6.07) is 0. The molecule has 76 valence electrons. The molecule has 1 N–H and O–H groups in total. The molecule has 0 fully saturated rings. The molecule has 0 unspecified atom stereocenters. The third-order valence-corrected chi connectivity index (χ3v) is 1.73. The molecule has 0 aliphatic rings. The number of carbonyl (C=O) groups is 1. The molecule has 5 nitrogen and oxygen atoms in total. The Bertz CT molecular complexity index is 353. The zero-order valence-corrected chi connectivity index (χ0v) is 8.96. The second-order valence-corrected chi connectivity index (χ2v) is 3.31. The molecule has 0 atom stereocenters. The van der Waals surface area contributed by atoms with Crippen molar-refractivity contribution in [3.05, 3.63) is 11.3 Å². The molecule has 1 aromatic heterocycles. The molecule has 14 heavy (non-hydrogen) atoms. The van der Waals surface area contributed by atoms with Gasteiger partial charge >= 0.3 is 0 Å². The summed E-state index contributed by atoms with van der Waals surface area (Å²) in [5.74, 6) is 0.303. The standard InChI is InChI=1S/C8H11ClN4O/c1-5(14)11-6-4-10-8(13(2)3)12-7(6)9/h4H,1-3H3,(H,11,14). The van der Waals surface area contributed by atoms with E-state index < -0.39 is 0 Å². The first kappa shape index (κ1) is 10.7. The molecule has 0 spiro atoms. The maximum absolute atomic E-state index is 10.7. The van der Waals surface area contributed by atoms with Crippen LogP contribution < -0.4 is 10.2 Å². The molecule has 0 aromatic carbocycles. The van der Waals surface area contributed by atoms with Gasteiger partial charge in [-0.3, -0.25) is 4.79 Å². The number of carbonyl (C=O) groups excluding carboxylic acids is 1. The second kappa shape index (κ2) is 4.23. The Labute approximate surface area is 87.1 Å². The van der Waals surface area contributed by atoms with E-state index in [0.717, 1.165) is 0 Å². The molecule has 0 radical (unpaired) electrons. The first-order valence-corrected chi connectivity index (χ1v) is 4.36. The van der Waals surface area contributed by atoms with Gasteiger partial charge in [0.1, 0.15) is 0 Å². The number of hydrogen-bond acceptors (Lipinski definition) is 4. The lowest BCUT2D eigenvalue weighted by atomic mass is 10.5. The number of nitrogens with zero attached hydrogens (tertiary/aromatic N) is 3. The topological polar surface area (TPSA) is 58.1 Å². The van der Waals surface area contributed by atoms with Gasteiger partial charge in [0.25, 0.3) is 0 Å². The fraction of sp³-hybridized carbons (Fsp3) is 0.375. The van der Waals surface area contributed by atoms with Crippen LogP contribution in [-0.4, -0.2) is 30.0 Å². The Hall–Kier alpha value is -1.36. The van der Waals surface area contributed by atoms with Crippen LogP contribution in [0.3, 0.4) is 0 Å². The summed E-state index contributed by atoms with van der Waals surface area (Å²) in [6.07, 6.45) is 1.48. The number of nitrogens with one attached hydrogen (secondary N) is 1. The third-order valence-electron chi connectivity index (χ3n) is 1.44. The zero-order chi connectivity index (χ0) is 10.7. The third kappa shape index (κ3) is 2.56. The highest BCUT2D eigenvalue weighted by Crippen LogP contribution is 2.19. The van der Waals surface area contributed by atoms with Gasteiger partial charge in [-0.1, -0.05) is 11.6 Å². The Morgan fingerprint density at radius 3 is 2.64 bits per heavy atom. The van der Waals surface area contributed by atoms with Gasteiger partial charge < -0.3 is 10.2 Å². The van der Waals surface area contributed by atoms with Crippen molar-refractivity contribution in [1.29, 1.82) is 0 Å². The molecule has 6 heteroatoms. The van der Waals surface area contributed by atoms with Crippen LogP contribution in [0.1, 0.15) is 6.92 Å². The summed E-state index contributed by atoms with van der Waals surface area (Å²) in [7, 11) is 3.62. The minimum absolute atomic E-state index is 0.201. The van der Waals surface area contributed by atoms with E-state index in [-0.39, 0.29) is 11.1 Å². The monoisotopic (exact) mass is 214 g/mol. The summed E-state index contributed by atoms with van der Waals surface area (Å²) < 4.78 is 0. The van der Waals surface area contributed by atoms with Gasteiger partial charge in [-0.25, -0.2) is 4.98 Å². The highest BCUT2D eigenvalue weighted by Gasteiger charge is 2.06. The van der Waals surface area contributed by atoms with Gasteiger partial charge in [-0.05, 0) is 0 Å². The summed E-state index contributed by atoms with van der Waals surface area (Å²) in [4.78, 5) is 20.5. The van der Waals surface area contributed by atoms with E-state index in [2.05, 4.69) is 15.3 Å². The molecule has 0 saturated carbocycles. The van der Waals surface area contributed by atoms with Crippen LogP contribution in [0.15, 0.2) is 6.20 Å². The number of halogens is 1. The molecule has 0 bridgehead atoms. The van der Waals surface area contributed by atoms with Crippen LogP contribution in [0.25, 0.3) is 0 Å². The predicted octanol–water partition coefficient (Wildman–Crippen LogP) is 1.15. The molecular formula is C8H11ClN4O. The van der Waals surface area contributed by atoms with E-state index in [1.807, 2.05) is 14.1 Å². The van der Waals surface area contributed by atoms with Gasteiger partial charge in [-0.15, -0.1) is 0 Å². The van der Waals surface area contributed by atoms with Crippen molar-refractivity contribution in [1.82, 2.24) is 9.97 Å². The molecule has 1 heterocycles. The van der Waals surface area contributed by atoms with Crippen LogP contribution in [0.5, 0.6) is 0 Å². The van der Waals surface area contributed by atoms with Gasteiger partial charge in [0.15, 0.2) is 5.15 Å². The zero-order valence-electron chi connectivity index (χ0n) is 8.21. The highest BCUT2D eigenvalue weighted by atomic mass is 35.5. The summed E-state index contributed by atoms with van der Waals surface area (Å²) in [5, 5.41) is 2.76. The molecule has 0 saturated heterocycles. The van der Waals surface area contributed by atoms with Crippen LogP contribution >= 0.6 is 11.6 Å². The molecular weight excluding hydrogens is 204 g/mol. The fourth-order valence-corrected chi connectivity index (χ4v) is 1.01. The predicted molar refractivity (Wildman–Crippen MR) is 55.7 cm³/mol. The van der Waals surface area contributed by atoms with Gasteiger partial charge in [-0.2, -0.15) is 4.98 Å². The molecule has 0 aliphatic heterocycles. The van der Waals surface area contributed by atoms with Crippen LogP contribution in [-0.2, 0) is 4.79 Å². The van der Waals surface area contributed by atoms with Crippen molar-refractivity contribution in [2.75, 3.05) is 24.3 Å². The first-order chi connectivity index (χ1) is 6.50. The maximum Gasteiger partial charge on any atom is 0.226 e. The molecule has 1 aromatic rings. The lowest BCUT2D eigenvalue weighted by Crippen LogP contribution is -2.14. The van der Waals surface area contributed by atoms with Crippen molar-refractivity contribution in [3.63, 3.8) is 0 Å². The summed E-state index contributed by atoms with van der Waals surface area (Å²) in [5.41, 5.74) is 0.421. The number of aromatic nitrogens is 2. The second-order valence-electron chi connectivity index (χ2n) is 2.95. The Kier molecular flexibility index (Phi) is 3.24. The van der Waals surface area contributed by atoms with Crippen LogP contribution in [0.4, 0.5) is 11.6 Å². The maximum atomic E-state index is 10.7. The average Bonchev–Trinajstić information content (AvgIpc) is 2.07. The Balaban J connectivity index is 2.95. The van der Waals surface area contributed by atoms with Gasteiger partial charge in [0.2, 0.25) is 11.9 Å². The van der Waals surface area contributed by atoms with Crippen LogP contribution in [0, 0.1) is 0 Å². The SMILES string of the molecule is CC(=O)Nc1cnc(N(C)C)nc1Cl. The van der Waals surface area contributed by atoms with Gasteiger partial charge in [0, 0.05) is 21.0 Å². The number of rotatable bonds is 2. The number of hydrogen-bond donors (Lipinski definition) is 1. The Morgan fingerprint density at radius 2 is 2.21 bits per heavy atom. The van der Waals surface area contributed by atoms with Crippen molar-refractivity contribution in [2.24, 2.45) is 0 Å². The van der Waals surface area contributed by atoms with E-state index in [1.165, 1.54) is 13.1 Å². The minimum atomic E-state index is -0.201. The van der Waals surface area contributed by atoms with E-state index in [4.69, 9.17) is 11.6 Å². The molecule has 0 aliphatic carbocycles. The molecule has 1 amide bonds. The summed E-state index contributed by atoms with van der Waals surface area (Å²) >= 11 is 5.83. The quantitative estimate of drug-likeness (QED) is 0.751. The first-order valence-electron chi connectivity index (χ1n) is 3.98. The largest absolute Gasteiger partial charge is 0.347 e. The van der Waals surface area contributed by atoms with E-state index >= 15 is 0 Å². The normalized spacial score (nSPS) is 9.71. The lowest BCUT2D eigenvalue weighted by molar-refractivity contribution is -0.114. The van der Waals surface area contributed by atoms with E-state index in [1.54, 1.807) is 4.90 Å². The average molecular weight is 215 g/mol. The lowest BCUT2D eigenvalue weighted by Gasteiger charge is -2.11. The number of anilines is 2.